The lowest BCUT2D eigenvalue weighted by Crippen LogP contribution is -2.30. The van der Waals surface area contributed by atoms with Gasteiger partial charge in [0.05, 0.1) is 6.04 Å². The van der Waals surface area contributed by atoms with E-state index in [1.807, 2.05) is 97.1 Å². The number of carbonyl (C=O) groups excluding carboxylic acids is 1. The van der Waals surface area contributed by atoms with E-state index >= 15 is 0 Å². The summed E-state index contributed by atoms with van der Waals surface area (Å²) >= 11 is 0. The maximum Gasteiger partial charge on any atom is 0.262 e. The van der Waals surface area contributed by atoms with Crippen molar-refractivity contribution in [2.45, 2.75) is 6.04 Å². The average Bonchev–Trinajstić information content (AvgIpc) is 2.82. The lowest BCUT2D eigenvalue weighted by Gasteiger charge is -2.22. The Morgan fingerprint density at radius 3 is 2.23 bits per heavy atom. The molecule has 4 heteroatoms. The zero-order chi connectivity index (χ0) is 21.6. The Morgan fingerprint density at radius 2 is 1.52 bits per heavy atom. The average molecular weight is 404 g/mol. The van der Waals surface area contributed by atoms with Gasteiger partial charge in [-0.3, -0.25) is 4.79 Å². The monoisotopic (exact) mass is 404 g/mol. The summed E-state index contributed by atoms with van der Waals surface area (Å²) < 4.78 is 0. The van der Waals surface area contributed by atoms with E-state index in [0.29, 0.717) is 5.56 Å². The Labute approximate surface area is 180 Å². The van der Waals surface area contributed by atoms with Gasteiger partial charge in [-0.25, -0.2) is 0 Å². The minimum atomic E-state index is -0.632. The van der Waals surface area contributed by atoms with Crippen molar-refractivity contribution < 1.29 is 9.90 Å². The van der Waals surface area contributed by atoms with E-state index in [-0.39, 0.29) is 11.3 Å². The smallest absolute Gasteiger partial charge is 0.262 e. The van der Waals surface area contributed by atoms with E-state index in [1.165, 1.54) is 0 Å². The van der Waals surface area contributed by atoms with Crippen LogP contribution >= 0.6 is 0 Å². The molecule has 4 aromatic carbocycles. The number of hydrogen-bond donors (Lipinski definition) is 2. The minimum Gasteiger partial charge on any atom is -0.508 e. The lowest BCUT2D eigenvalue weighted by molar-refractivity contribution is -0.117. The fourth-order valence-electron chi connectivity index (χ4n) is 3.63. The van der Waals surface area contributed by atoms with Gasteiger partial charge in [0.15, 0.2) is 0 Å². The summed E-state index contributed by atoms with van der Waals surface area (Å²) in [6, 6.07) is 31.2. The van der Waals surface area contributed by atoms with Gasteiger partial charge in [-0.1, -0.05) is 91.0 Å². The van der Waals surface area contributed by atoms with Crippen molar-refractivity contribution >= 4 is 22.8 Å². The Morgan fingerprint density at radius 1 is 0.871 bits per heavy atom. The normalized spacial score (nSPS) is 12.2. The zero-order valence-corrected chi connectivity index (χ0v) is 16.7. The third-order valence-corrected chi connectivity index (χ3v) is 5.12. The summed E-state index contributed by atoms with van der Waals surface area (Å²) in [5.41, 5.74) is 2.15. The van der Waals surface area contributed by atoms with Crippen LogP contribution in [0.5, 0.6) is 5.75 Å². The largest absolute Gasteiger partial charge is 0.508 e. The molecule has 0 bridgehead atoms. The Kier molecular flexibility index (Phi) is 5.77. The molecule has 1 atom stereocenters. The third kappa shape index (κ3) is 4.31. The fourth-order valence-corrected chi connectivity index (χ4v) is 3.63. The van der Waals surface area contributed by atoms with Crippen molar-refractivity contribution in [3.63, 3.8) is 0 Å². The van der Waals surface area contributed by atoms with Crippen molar-refractivity contribution in [2.24, 2.45) is 0 Å². The molecule has 4 aromatic rings. The predicted molar refractivity (Wildman–Crippen MR) is 122 cm³/mol. The topological polar surface area (TPSA) is 73.1 Å². The second kappa shape index (κ2) is 8.98. The molecular weight excluding hydrogens is 384 g/mol. The van der Waals surface area contributed by atoms with E-state index in [9.17, 15) is 15.2 Å². The highest BCUT2D eigenvalue weighted by molar-refractivity contribution is 6.02. The van der Waals surface area contributed by atoms with Crippen molar-refractivity contribution in [1.82, 2.24) is 5.32 Å². The predicted octanol–water partition coefficient (Wildman–Crippen LogP) is 5.36. The molecule has 0 aromatic heterocycles. The van der Waals surface area contributed by atoms with Crippen LogP contribution in [0.15, 0.2) is 103 Å². The standard InChI is InChI=1S/C27H20N2O2/c28-18-22(17-19-9-3-1-4-10-19)27(31)29-26(21-12-5-2-6-13-21)25-23-14-8-7-11-20(23)15-16-24(25)30/h1-17,26,30H,(H,29,31)/b22-17-/t26-/m0/s1. The SMILES string of the molecule is N#C/C(=C/c1ccccc1)C(=O)N[C@@H](c1ccccc1)c1c(O)ccc2ccccc12. The molecule has 0 aliphatic carbocycles. The molecule has 2 N–H and O–H groups in total. The molecule has 0 heterocycles. The molecule has 0 saturated carbocycles. The van der Waals surface area contributed by atoms with Crippen LogP contribution in [-0.4, -0.2) is 11.0 Å². The van der Waals surface area contributed by atoms with E-state index in [2.05, 4.69) is 5.32 Å². The second-order valence-corrected chi connectivity index (χ2v) is 7.12. The van der Waals surface area contributed by atoms with Crippen LogP contribution in [0.25, 0.3) is 16.8 Å². The van der Waals surface area contributed by atoms with Crippen LogP contribution in [0.3, 0.4) is 0 Å². The van der Waals surface area contributed by atoms with Crippen LogP contribution < -0.4 is 5.32 Å². The van der Waals surface area contributed by atoms with E-state index in [1.54, 1.807) is 12.1 Å². The van der Waals surface area contributed by atoms with Crippen molar-refractivity contribution in [2.75, 3.05) is 0 Å². The molecule has 0 fully saturated rings. The summed E-state index contributed by atoms with van der Waals surface area (Å²) in [6.45, 7) is 0. The molecule has 4 nitrogen and oxygen atoms in total. The molecule has 4 rings (SSSR count). The molecule has 0 aliphatic rings. The number of phenolic OH excluding ortho intramolecular Hbond substituents is 1. The number of rotatable bonds is 5. The first-order valence-corrected chi connectivity index (χ1v) is 9.90. The van der Waals surface area contributed by atoms with Gasteiger partial charge in [0, 0.05) is 5.56 Å². The molecule has 0 aliphatic heterocycles. The minimum absolute atomic E-state index is 0.00754. The summed E-state index contributed by atoms with van der Waals surface area (Å²) in [5.74, 6) is -0.425. The fraction of sp³-hybridized carbons (Fsp3) is 0.0370. The molecule has 150 valence electrons. The first kappa shape index (κ1) is 19.9. The molecule has 0 spiro atoms. The Hall–Kier alpha value is -4.36. The molecule has 0 unspecified atom stereocenters. The van der Waals surface area contributed by atoms with Crippen LogP contribution in [0.4, 0.5) is 0 Å². The Bertz CT molecular complexity index is 1290. The van der Waals surface area contributed by atoms with E-state index in [4.69, 9.17) is 0 Å². The van der Waals surface area contributed by atoms with Crippen LogP contribution in [0.2, 0.25) is 0 Å². The van der Waals surface area contributed by atoms with Gasteiger partial charge in [0.2, 0.25) is 0 Å². The van der Waals surface area contributed by atoms with Gasteiger partial charge in [-0.15, -0.1) is 0 Å². The van der Waals surface area contributed by atoms with Crippen LogP contribution in [0, 0.1) is 11.3 Å². The van der Waals surface area contributed by atoms with Gasteiger partial charge in [-0.2, -0.15) is 5.26 Å². The number of aromatic hydroxyl groups is 1. The highest BCUT2D eigenvalue weighted by Gasteiger charge is 2.24. The Balaban J connectivity index is 1.80. The van der Waals surface area contributed by atoms with Gasteiger partial charge >= 0.3 is 0 Å². The number of hydrogen-bond acceptors (Lipinski definition) is 3. The quantitative estimate of drug-likeness (QED) is 0.347. The van der Waals surface area contributed by atoms with Gasteiger partial charge in [0.1, 0.15) is 17.4 Å². The van der Waals surface area contributed by atoms with Gasteiger partial charge in [-0.05, 0) is 34.0 Å². The van der Waals surface area contributed by atoms with Crippen molar-refractivity contribution in [1.29, 1.82) is 5.26 Å². The van der Waals surface area contributed by atoms with Gasteiger partial charge in [0.25, 0.3) is 5.91 Å². The number of phenols is 1. The number of carbonyl (C=O) groups is 1. The number of nitrogens with one attached hydrogen (secondary N) is 1. The number of fused-ring (bicyclic) bond motifs is 1. The highest BCUT2D eigenvalue weighted by Crippen LogP contribution is 2.36. The highest BCUT2D eigenvalue weighted by atomic mass is 16.3. The summed E-state index contributed by atoms with van der Waals surface area (Å²) in [4.78, 5) is 13.1. The molecule has 0 saturated heterocycles. The number of nitriles is 1. The van der Waals surface area contributed by atoms with Gasteiger partial charge < -0.3 is 10.4 Å². The zero-order valence-electron chi connectivity index (χ0n) is 16.7. The molecule has 0 radical (unpaired) electrons. The molecule has 1 amide bonds. The lowest BCUT2D eigenvalue weighted by atomic mass is 9.92. The van der Waals surface area contributed by atoms with Crippen LogP contribution in [0.1, 0.15) is 22.7 Å². The summed E-state index contributed by atoms with van der Waals surface area (Å²) in [7, 11) is 0. The van der Waals surface area contributed by atoms with E-state index < -0.39 is 11.9 Å². The molecular formula is C27H20N2O2. The number of benzene rings is 4. The summed E-state index contributed by atoms with van der Waals surface area (Å²) in [5, 5.41) is 25.1. The molecule has 31 heavy (non-hydrogen) atoms. The van der Waals surface area contributed by atoms with E-state index in [0.717, 1.165) is 21.9 Å². The first-order valence-electron chi connectivity index (χ1n) is 9.90. The van der Waals surface area contributed by atoms with Crippen molar-refractivity contribution in [3.05, 3.63) is 119 Å². The maximum absolute atomic E-state index is 13.1. The van der Waals surface area contributed by atoms with Crippen molar-refractivity contribution in [3.8, 4) is 11.8 Å². The number of amides is 1. The third-order valence-electron chi connectivity index (χ3n) is 5.12. The summed E-state index contributed by atoms with van der Waals surface area (Å²) in [6.07, 6.45) is 1.56. The second-order valence-electron chi connectivity index (χ2n) is 7.12. The first-order chi connectivity index (χ1) is 15.2. The van der Waals surface area contributed by atoms with Crippen LogP contribution in [-0.2, 0) is 4.79 Å². The maximum atomic E-state index is 13.1. The number of nitrogens with zero attached hydrogens (tertiary/aromatic N) is 1.